The maximum atomic E-state index is 5.88. The summed E-state index contributed by atoms with van der Waals surface area (Å²) in [7, 11) is 0. The maximum Gasteiger partial charge on any atom is 0.134 e. The number of fused-ring (bicyclic) bond motifs is 1. The van der Waals surface area contributed by atoms with Crippen molar-refractivity contribution in [2.75, 3.05) is 0 Å². The van der Waals surface area contributed by atoms with Crippen LogP contribution in [0.3, 0.4) is 0 Å². The Morgan fingerprint density at radius 1 is 1.25 bits per heavy atom. The molecule has 1 aromatic carbocycles. The van der Waals surface area contributed by atoms with Gasteiger partial charge in [-0.15, -0.1) is 0 Å². The zero-order valence-corrected chi connectivity index (χ0v) is 12.5. The molecule has 3 aromatic rings. The van der Waals surface area contributed by atoms with Gasteiger partial charge in [0.1, 0.15) is 17.4 Å². The molecule has 1 unspecified atom stereocenters. The maximum absolute atomic E-state index is 5.88. The molecule has 0 amide bonds. The van der Waals surface area contributed by atoms with Crippen LogP contribution in [0, 0.1) is 6.92 Å². The van der Waals surface area contributed by atoms with E-state index in [-0.39, 0.29) is 6.04 Å². The summed E-state index contributed by atoms with van der Waals surface area (Å²) in [6, 6.07) is 9.84. The third-order valence-electron chi connectivity index (χ3n) is 3.20. The summed E-state index contributed by atoms with van der Waals surface area (Å²) in [5.74, 6) is 6.46. The summed E-state index contributed by atoms with van der Waals surface area (Å²) < 4.78 is 6.79. The summed E-state index contributed by atoms with van der Waals surface area (Å²) in [5.41, 5.74) is 5.78. The Morgan fingerprint density at radius 3 is 2.85 bits per heavy atom. The lowest BCUT2D eigenvalue weighted by atomic mass is 10.1. The Bertz CT molecular complexity index is 754. The number of hydrazine groups is 1. The summed E-state index contributed by atoms with van der Waals surface area (Å²) >= 11 is 3.41. The van der Waals surface area contributed by atoms with Crippen molar-refractivity contribution in [2.24, 2.45) is 5.84 Å². The van der Waals surface area contributed by atoms with E-state index in [0.29, 0.717) is 0 Å². The zero-order valence-electron chi connectivity index (χ0n) is 10.9. The smallest absolute Gasteiger partial charge is 0.134 e. The summed E-state index contributed by atoms with van der Waals surface area (Å²) in [5, 5.41) is 1.07. The third kappa shape index (κ3) is 2.47. The fraction of sp³-hybridized carbons (Fsp3) is 0.133. The lowest BCUT2D eigenvalue weighted by molar-refractivity contribution is 0.476. The number of aryl methyl sites for hydroxylation is 1. The monoisotopic (exact) mass is 331 g/mol. The first-order valence-corrected chi connectivity index (χ1v) is 7.03. The Kier molecular flexibility index (Phi) is 3.56. The van der Waals surface area contributed by atoms with Crippen LogP contribution in [0.25, 0.3) is 11.0 Å². The molecule has 3 N–H and O–H groups in total. The first kappa shape index (κ1) is 13.3. The molecule has 0 saturated heterocycles. The lowest BCUT2D eigenvalue weighted by Crippen LogP contribution is -2.28. The van der Waals surface area contributed by atoms with E-state index in [9.17, 15) is 0 Å². The normalized spacial score (nSPS) is 12.8. The van der Waals surface area contributed by atoms with Crippen LogP contribution in [-0.4, -0.2) is 4.98 Å². The highest BCUT2D eigenvalue weighted by Crippen LogP contribution is 2.29. The molecule has 2 aromatic heterocycles. The number of hydrogen-bond donors (Lipinski definition) is 2. The van der Waals surface area contributed by atoms with Crippen molar-refractivity contribution in [3.8, 4) is 0 Å². The van der Waals surface area contributed by atoms with Crippen molar-refractivity contribution in [3.63, 3.8) is 0 Å². The van der Waals surface area contributed by atoms with E-state index in [0.717, 1.165) is 26.8 Å². The van der Waals surface area contributed by atoms with Gasteiger partial charge in [-0.3, -0.25) is 10.8 Å². The highest BCUT2D eigenvalue weighted by molar-refractivity contribution is 9.10. The van der Waals surface area contributed by atoms with Crippen molar-refractivity contribution >= 4 is 26.9 Å². The Labute approximate surface area is 125 Å². The van der Waals surface area contributed by atoms with Crippen LogP contribution in [0.1, 0.15) is 22.9 Å². The van der Waals surface area contributed by atoms with Crippen LogP contribution >= 0.6 is 15.9 Å². The number of aromatic nitrogens is 1. The van der Waals surface area contributed by atoms with E-state index in [4.69, 9.17) is 10.3 Å². The molecular formula is C15H14BrN3O. The molecule has 5 heteroatoms. The van der Waals surface area contributed by atoms with Crippen LogP contribution in [0.2, 0.25) is 0 Å². The average molecular weight is 332 g/mol. The number of halogens is 1. The number of pyridine rings is 1. The molecule has 3 rings (SSSR count). The van der Waals surface area contributed by atoms with E-state index < -0.39 is 0 Å². The molecule has 0 fully saturated rings. The number of rotatable bonds is 3. The Morgan fingerprint density at radius 2 is 2.10 bits per heavy atom. The quantitative estimate of drug-likeness (QED) is 0.570. The largest absolute Gasteiger partial charge is 0.459 e. The first-order chi connectivity index (χ1) is 9.67. The molecule has 0 aliphatic carbocycles. The third-order valence-corrected chi connectivity index (χ3v) is 3.64. The molecule has 0 bridgehead atoms. The predicted octanol–water partition coefficient (Wildman–Crippen LogP) is 3.45. The van der Waals surface area contributed by atoms with Crippen molar-refractivity contribution in [1.29, 1.82) is 0 Å². The Balaban J connectivity index is 2.07. The molecule has 2 heterocycles. The second-order valence-corrected chi connectivity index (χ2v) is 5.64. The van der Waals surface area contributed by atoms with Crippen molar-refractivity contribution in [2.45, 2.75) is 13.0 Å². The first-order valence-electron chi connectivity index (χ1n) is 6.24. The molecule has 0 aliphatic heterocycles. The van der Waals surface area contributed by atoms with E-state index >= 15 is 0 Å². The fourth-order valence-electron chi connectivity index (χ4n) is 2.25. The predicted molar refractivity (Wildman–Crippen MR) is 82.1 cm³/mol. The number of nitrogens with two attached hydrogens (primary N) is 1. The standard InChI is InChI=1S/C15H14BrN3O/c1-9-2-3-13-10(4-9)6-14(20-13)15(19-17)11-5-12(16)8-18-7-11/h2-8,15,19H,17H2,1H3. The van der Waals surface area contributed by atoms with Gasteiger partial charge in [0, 0.05) is 22.3 Å². The van der Waals surface area contributed by atoms with Crippen LogP contribution in [0.15, 0.2) is 51.6 Å². The van der Waals surface area contributed by atoms with E-state index in [1.165, 1.54) is 5.56 Å². The second kappa shape index (κ2) is 5.36. The second-order valence-electron chi connectivity index (χ2n) is 4.73. The van der Waals surface area contributed by atoms with Gasteiger partial charge < -0.3 is 4.42 Å². The minimum atomic E-state index is -0.229. The number of nitrogens with zero attached hydrogens (tertiary/aromatic N) is 1. The molecule has 1 atom stereocenters. The van der Waals surface area contributed by atoms with Crippen molar-refractivity contribution < 1.29 is 4.42 Å². The molecule has 0 radical (unpaired) electrons. The van der Waals surface area contributed by atoms with Gasteiger partial charge in [-0.2, -0.15) is 0 Å². The topological polar surface area (TPSA) is 64.1 Å². The summed E-state index contributed by atoms with van der Waals surface area (Å²) in [6.07, 6.45) is 3.51. The minimum Gasteiger partial charge on any atom is -0.459 e. The lowest BCUT2D eigenvalue weighted by Gasteiger charge is -2.13. The number of furan rings is 1. The fourth-order valence-corrected chi connectivity index (χ4v) is 2.64. The van der Waals surface area contributed by atoms with Crippen molar-refractivity contribution in [3.05, 3.63) is 64.1 Å². The van der Waals surface area contributed by atoms with Crippen LogP contribution in [0.4, 0.5) is 0 Å². The van der Waals surface area contributed by atoms with Gasteiger partial charge in [-0.25, -0.2) is 5.43 Å². The molecule has 0 saturated carbocycles. The molecule has 20 heavy (non-hydrogen) atoms. The number of benzene rings is 1. The van der Waals surface area contributed by atoms with E-state index in [2.05, 4.69) is 39.3 Å². The number of hydrogen-bond acceptors (Lipinski definition) is 4. The van der Waals surface area contributed by atoms with Crippen LogP contribution < -0.4 is 11.3 Å². The highest BCUT2D eigenvalue weighted by atomic mass is 79.9. The molecular weight excluding hydrogens is 318 g/mol. The molecule has 0 aliphatic rings. The number of nitrogens with one attached hydrogen (secondary N) is 1. The SMILES string of the molecule is Cc1ccc2oc(C(NN)c3cncc(Br)c3)cc2c1. The molecule has 0 spiro atoms. The Hall–Kier alpha value is -1.69. The van der Waals surface area contributed by atoms with Crippen LogP contribution in [0.5, 0.6) is 0 Å². The minimum absolute atomic E-state index is 0.229. The van der Waals surface area contributed by atoms with Gasteiger partial charge in [0.15, 0.2) is 0 Å². The van der Waals surface area contributed by atoms with Gasteiger partial charge in [0.05, 0.1) is 0 Å². The summed E-state index contributed by atoms with van der Waals surface area (Å²) in [6.45, 7) is 2.06. The van der Waals surface area contributed by atoms with Gasteiger partial charge in [0.2, 0.25) is 0 Å². The average Bonchev–Trinajstić information content (AvgIpc) is 2.82. The molecule has 4 nitrogen and oxygen atoms in total. The molecule has 102 valence electrons. The van der Waals surface area contributed by atoms with Gasteiger partial charge in [-0.05, 0) is 52.7 Å². The van der Waals surface area contributed by atoms with Gasteiger partial charge >= 0.3 is 0 Å². The highest BCUT2D eigenvalue weighted by Gasteiger charge is 2.18. The zero-order chi connectivity index (χ0) is 14.1. The van der Waals surface area contributed by atoms with Gasteiger partial charge in [-0.1, -0.05) is 11.6 Å². The van der Waals surface area contributed by atoms with E-state index in [1.807, 2.05) is 24.3 Å². The summed E-state index contributed by atoms with van der Waals surface area (Å²) in [4.78, 5) is 4.16. The van der Waals surface area contributed by atoms with Crippen molar-refractivity contribution in [1.82, 2.24) is 10.4 Å². The van der Waals surface area contributed by atoms with Gasteiger partial charge in [0.25, 0.3) is 0 Å². The van der Waals surface area contributed by atoms with E-state index in [1.54, 1.807) is 12.4 Å². The van der Waals surface area contributed by atoms with Crippen LogP contribution in [-0.2, 0) is 0 Å².